The highest BCUT2D eigenvalue weighted by Crippen LogP contribution is 2.24. The fourth-order valence-corrected chi connectivity index (χ4v) is 1.71. The Bertz CT molecular complexity index is 683. The van der Waals surface area contributed by atoms with Crippen LogP contribution in [-0.4, -0.2) is 20.0 Å². The van der Waals surface area contributed by atoms with Crippen molar-refractivity contribution in [1.29, 1.82) is 0 Å². The number of hydrogen-bond acceptors (Lipinski definition) is 8. The van der Waals surface area contributed by atoms with Crippen LogP contribution >= 0.6 is 0 Å². The third-order valence-electron chi connectivity index (χ3n) is 2.64. The van der Waals surface area contributed by atoms with Crippen molar-refractivity contribution in [2.24, 2.45) is 0 Å². The van der Waals surface area contributed by atoms with Crippen LogP contribution in [0.25, 0.3) is 0 Å². The minimum absolute atomic E-state index is 0.155. The van der Waals surface area contributed by atoms with Crippen LogP contribution in [0.4, 0.5) is 11.4 Å². The first-order chi connectivity index (χ1) is 9.97. The summed E-state index contributed by atoms with van der Waals surface area (Å²) in [5.74, 6) is 0.852. The van der Waals surface area contributed by atoms with E-state index in [4.69, 9.17) is 4.52 Å². The molecule has 0 amide bonds. The van der Waals surface area contributed by atoms with Gasteiger partial charge in [-0.25, -0.2) is 0 Å². The average Bonchev–Trinajstić information content (AvgIpc) is 2.84. The number of rotatable bonds is 6. The lowest BCUT2D eigenvalue weighted by atomic mass is 10.1. The van der Waals surface area contributed by atoms with Crippen LogP contribution in [0.5, 0.6) is 0 Å². The Morgan fingerprint density at radius 2 is 2.00 bits per heavy atom. The molecule has 110 valence electrons. The standard InChI is InChI=1S/C11H11N5O5/c1-7-13-11(14-21-7)6-12-5-8-2-3-9(15(17)18)4-10(8)16(19)20/h2-4,12H,5-6H2,1H3. The van der Waals surface area contributed by atoms with Crippen molar-refractivity contribution in [2.45, 2.75) is 20.0 Å². The van der Waals surface area contributed by atoms with Crippen LogP contribution in [0.2, 0.25) is 0 Å². The van der Waals surface area contributed by atoms with E-state index in [1.807, 2.05) is 0 Å². The highest BCUT2D eigenvalue weighted by Gasteiger charge is 2.19. The number of hydrogen-bond donors (Lipinski definition) is 1. The molecular weight excluding hydrogens is 282 g/mol. The van der Waals surface area contributed by atoms with Gasteiger partial charge in [-0.05, 0) is 6.07 Å². The molecule has 0 aliphatic heterocycles. The third-order valence-corrected chi connectivity index (χ3v) is 2.64. The Hall–Kier alpha value is -2.88. The molecular formula is C11H11N5O5. The zero-order chi connectivity index (χ0) is 15.4. The third kappa shape index (κ3) is 3.57. The maximum Gasteiger partial charge on any atom is 0.280 e. The molecule has 10 heteroatoms. The van der Waals surface area contributed by atoms with E-state index in [2.05, 4.69) is 15.5 Å². The maximum absolute atomic E-state index is 10.9. The molecule has 0 fully saturated rings. The molecule has 0 radical (unpaired) electrons. The fraction of sp³-hybridized carbons (Fsp3) is 0.273. The van der Waals surface area contributed by atoms with E-state index in [1.165, 1.54) is 12.1 Å². The Morgan fingerprint density at radius 3 is 2.57 bits per heavy atom. The number of non-ortho nitro benzene ring substituents is 1. The van der Waals surface area contributed by atoms with Crippen molar-refractivity contribution in [2.75, 3.05) is 0 Å². The Balaban J connectivity index is 2.08. The van der Waals surface area contributed by atoms with Gasteiger partial charge in [0.05, 0.1) is 22.5 Å². The first-order valence-electron chi connectivity index (χ1n) is 5.89. The van der Waals surface area contributed by atoms with Crippen LogP contribution in [0.1, 0.15) is 17.3 Å². The molecule has 0 aliphatic rings. The first kappa shape index (κ1) is 14.5. The molecule has 0 atom stereocenters. The van der Waals surface area contributed by atoms with Crippen molar-refractivity contribution in [3.05, 3.63) is 55.7 Å². The summed E-state index contributed by atoms with van der Waals surface area (Å²) >= 11 is 0. The predicted octanol–water partition coefficient (Wildman–Crippen LogP) is 1.48. The van der Waals surface area contributed by atoms with E-state index in [1.54, 1.807) is 6.92 Å². The van der Waals surface area contributed by atoms with Gasteiger partial charge < -0.3 is 9.84 Å². The van der Waals surface area contributed by atoms with Gasteiger partial charge in [0.2, 0.25) is 5.89 Å². The highest BCUT2D eigenvalue weighted by molar-refractivity contribution is 5.49. The Morgan fingerprint density at radius 1 is 1.24 bits per heavy atom. The van der Waals surface area contributed by atoms with Gasteiger partial charge in [0.15, 0.2) is 5.82 Å². The summed E-state index contributed by atoms with van der Waals surface area (Å²) in [5, 5.41) is 28.2. The van der Waals surface area contributed by atoms with E-state index < -0.39 is 9.85 Å². The van der Waals surface area contributed by atoms with Gasteiger partial charge in [0.25, 0.3) is 11.4 Å². The van der Waals surface area contributed by atoms with Crippen LogP contribution < -0.4 is 5.32 Å². The highest BCUT2D eigenvalue weighted by atomic mass is 16.6. The van der Waals surface area contributed by atoms with Crippen molar-refractivity contribution in [3.8, 4) is 0 Å². The van der Waals surface area contributed by atoms with Gasteiger partial charge >= 0.3 is 0 Å². The van der Waals surface area contributed by atoms with E-state index in [-0.39, 0.29) is 24.5 Å². The van der Waals surface area contributed by atoms with Crippen molar-refractivity contribution < 1.29 is 14.4 Å². The molecule has 1 aromatic heterocycles. The summed E-state index contributed by atoms with van der Waals surface area (Å²) in [4.78, 5) is 24.2. The van der Waals surface area contributed by atoms with Gasteiger partial charge in [-0.3, -0.25) is 20.2 Å². The molecule has 1 heterocycles. The summed E-state index contributed by atoms with van der Waals surface area (Å²) in [6, 6.07) is 3.52. The lowest BCUT2D eigenvalue weighted by Crippen LogP contribution is -2.15. The molecule has 10 nitrogen and oxygen atoms in total. The largest absolute Gasteiger partial charge is 0.340 e. The second-order valence-electron chi connectivity index (χ2n) is 4.16. The first-order valence-corrected chi connectivity index (χ1v) is 5.89. The molecule has 1 aromatic carbocycles. The minimum Gasteiger partial charge on any atom is -0.340 e. The summed E-state index contributed by atoms with van der Waals surface area (Å²) < 4.78 is 4.79. The molecule has 0 bridgehead atoms. The molecule has 21 heavy (non-hydrogen) atoms. The van der Waals surface area contributed by atoms with E-state index in [0.717, 1.165) is 6.07 Å². The topological polar surface area (TPSA) is 137 Å². The van der Waals surface area contributed by atoms with Crippen LogP contribution in [0.15, 0.2) is 22.7 Å². The monoisotopic (exact) mass is 293 g/mol. The molecule has 2 aromatic rings. The van der Waals surface area contributed by atoms with Crippen LogP contribution in [0.3, 0.4) is 0 Å². The second kappa shape index (κ2) is 6.05. The molecule has 2 rings (SSSR count). The SMILES string of the molecule is Cc1nc(CNCc2ccc([N+](=O)[O-])cc2[N+](=O)[O-])no1. The second-order valence-corrected chi connectivity index (χ2v) is 4.16. The smallest absolute Gasteiger partial charge is 0.280 e. The fourth-order valence-electron chi connectivity index (χ4n) is 1.71. The summed E-state index contributed by atoms with van der Waals surface area (Å²) in [5.41, 5.74) is -0.286. The quantitative estimate of drug-likeness (QED) is 0.624. The lowest BCUT2D eigenvalue weighted by molar-refractivity contribution is -0.394. The van der Waals surface area contributed by atoms with Crippen LogP contribution in [-0.2, 0) is 13.1 Å². The summed E-state index contributed by atoms with van der Waals surface area (Å²) in [6.45, 7) is 2.07. The zero-order valence-corrected chi connectivity index (χ0v) is 11.0. The predicted molar refractivity (Wildman–Crippen MR) is 69.3 cm³/mol. The minimum atomic E-state index is -0.674. The summed E-state index contributed by atoms with van der Waals surface area (Å²) in [6.07, 6.45) is 0. The molecule has 0 spiro atoms. The Kier molecular flexibility index (Phi) is 4.18. The number of nitrogens with one attached hydrogen (secondary N) is 1. The summed E-state index contributed by atoms with van der Waals surface area (Å²) in [7, 11) is 0. The van der Waals surface area contributed by atoms with Crippen molar-refractivity contribution in [3.63, 3.8) is 0 Å². The zero-order valence-electron chi connectivity index (χ0n) is 11.0. The number of benzene rings is 1. The molecule has 0 saturated heterocycles. The van der Waals surface area contributed by atoms with E-state index >= 15 is 0 Å². The van der Waals surface area contributed by atoms with Gasteiger partial charge in [-0.2, -0.15) is 4.98 Å². The lowest BCUT2D eigenvalue weighted by Gasteiger charge is -2.03. The van der Waals surface area contributed by atoms with Gasteiger partial charge in [0.1, 0.15) is 0 Å². The molecule has 0 aliphatic carbocycles. The van der Waals surface area contributed by atoms with Gasteiger partial charge in [-0.1, -0.05) is 5.16 Å². The average molecular weight is 293 g/mol. The number of aromatic nitrogens is 2. The van der Waals surface area contributed by atoms with Crippen LogP contribution in [0, 0.1) is 27.2 Å². The number of nitro benzene ring substituents is 2. The molecule has 0 saturated carbocycles. The number of aryl methyl sites for hydroxylation is 1. The van der Waals surface area contributed by atoms with E-state index in [0.29, 0.717) is 17.3 Å². The Labute approximate surface area is 118 Å². The van der Waals surface area contributed by atoms with Crippen molar-refractivity contribution >= 4 is 11.4 Å². The maximum atomic E-state index is 10.9. The normalized spacial score (nSPS) is 10.5. The van der Waals surface area contributed by atoms with Gasteiger partial charge in [-0.15, -0.1) is 0 Å². The van der Waals surface area contributed by atoms with Crippen molar-refractivity contribution in [1.82, 2.24) is 15.5 Å². The van der Waals surface area contributed by atoms with E-state index in [9.17, 15) is 20.2 Å². The number of nitrogens with zero attached hydrogens (tertiary/aromatic N) is 4. The number of nitro groups is 2. The molecule has 0 unspecified atom stereocenters. The molecule has 1 N–H and O–H groups in total. The van der Waals surface area contributed by atoms with Gasteiger partial charge in [0, 0.05) is 25.1 Å².